The molecule has 3 aromatic rings. The smallest absolute Gasteiger partial charge is 0.257 e. The van der Waals surface area contributed by atoms with Crippen molar-refractivity contribution < 1.29 is 13.2 Å². The molecule has 0 unspecified atom stereocenters. The Labute approximate surface area is 183 Å². The Balaban J connectivity index is 1.65. The highest BCUT2D eigenvalue weighted by Crippen LogP contribution is 2.26. The van der Waals surface area contributed by atoms with Crippen LogP contribution in [0.1, 0.15) is 46.4 Å². The van der Waals surface area contributed by atoms with Crippen molar-refractivity contribution in [2.45, 2.75) is 44.9 Å². The molecule has 0 atom stereocenters. The molecule has 2 aromatic carbocycles. The maximum atomic E-state index is 13.1. The summed E-state index contributed by atoms with van der Waals surface area (Å²) in [6, 6.07) is 12.7. The first-order valence-electron chi connectivity index (χ1n) is 10.6. The Morgan fingerprint density at radius 2 is 1.71 bits per heavy atom. The van der Waals surface area contributed by atoms with Crippen LogP contribution >= 0.6 is 0 Å². The van der Waals surface area contributed by atoms with E-state index in [0.717, 1.165) is 41.3 Å². The van der Waals surface area contributed by atoms with E-state index in [4.69, 9.17) is 0 Å². The molecule has 0 bridgehead atoms. The molecule has 0 saturated carbocycles. The summed E-state index contributed by atoms with van der Waals surface area (Å²) in [4.78, 5) is 17.8. The quantitative estimate of drug-likeness (QED) is 0.648. The highest BCUT2D eigenvalue weighted by Gasteiger charge is 2.26. The lowest BCUT2D eigenvalue weighted by molar-refractivity contribution is 0.102. The summed E-state index contributed by atoms with van der Waals surface area (Å²) in [6.07, 6.45) is 2.81. The van der Waals surface area contributed by atoms with Gasteiger partial charge < -0.3 is 5.32 Å². The molecule has 0 radical (unpaired) electrons. The monoisotopic (exact) mass is 437 g/mol. The van der Waals surface area contributed by atoms with E-state index in [2.05, 4.69) is 10.3 Å². The molecule has 162 valence electrons. The number of piperidine rings is 1. The number of aromatic nitrogens is 1. The van der Waals surface area contributed by atoms with Crippen LogP contribution in [0.25, 0.3) is 10.9 Å². The summed E-state index contributed by atoms with van der Waals surface area (Å²) in [5.41, 5.74) is 4.33. The number of amides is 1. The summed E-state index contributed by atoms with van der Waals surface area (Å²) >= 11 is 0. The summed E-state index contributed by atoms with van der Waals surface area (Å²) in [5.74, 6) is -0.302. The molecule has 31 heavy (non-hydrogen) atoms. The largest absolute Gasteiger partial charge is 0.322 e. The third-order valence-corrected chi connectivity index (χ3v) is 7.71. The second kappa shape index (κ2) is 8.40. The molecule has 1 fully saturated rings. The Morgan fingerprint density at radius 1 is 0.968 bits per heavy atom. The van der Waals surface area contributed by atoms with Crippen molar-refractivity contribution >= 4 is 32.5 Å². The first-order chi connectivity index (χ1) is 14.8. The number of pyridine rings is 1. The van der Waals surface area contributed by atoms with E-state index in [1.165, 1.54) is 4.31 Å². The van der Waals surface area contributed by atoms with Gasteiger partial charge in [0.25, 0.3) is 5.91 Å². The van der Waals surface area contributed by atoms with Crippen molar-refractivity contribution in [3.8, 4) is 0 Å². The Kier molecular flexibility index (Phi) is 5.81. The lowest BCUT2D eigenvalue weighted by Crippen LogP contribution is -2.35. The molecule has 2 heterocycles. The van der Waals surface area contributed by atoms with Crippen LogP contribution < -0.4 is 5.32 Å². The maximum absolute atomic E-state index is 13.1. The van der Waals surface area contributed by atoms with Crippen molar-refractivity contribution in [1.82, 2.24) is 9.29 Å². The van der Waals surface area contributed by atoms with E-state index >= 15 is 0 Å². The lowest BCUT2D eigenvalue weighted by atomic mass is 10.1. The molecule has 7 heteroatoms. The molecule has 6 nitrogen and oxygen atoms in total. The zero-order chi connectivity index (χ0) is 22.2. The van der Waals surface area contributed by atoms with Gasteiger partial charge in [0.05, 0.1) is 21.7 Å². The zero-order valence-corrected chi connectivity index (χ0v) is 18.9. The number of benzene rings is 2. The van der Waals surface area contributed by atoms with Crippen molar-refractivity contribution in [2.75, 3.05) is 18.4 Å². The van der Waals surface area contributed by atoms with Gasteiger partial charge in [-0.25, -0.2) is 8.42 Å². The van der Waals surface area contributed by atoms with Crippen molar-refractivity contribution in [3.63, 3.8) is 0 Å². The first kappa shape index (κ1) is 21.5. The van der Waals surface area contributed by atoms with Gasteiger partial charge in [0.1, 0.15) is 0 Å². The van der Waals surface area contributed by atoms with Gasteiger partial charge in [-0.3, -0.25) is 9.78 Å². The van der Waals surface area contributed by atoms with Crippen LogP contribution in [0, 0.1) is 20.8 Å². The van der Waals surface area contributed by atoms with Gasteiger partial charge >= 0.3 is 0 Å². The highest BCUT2D eigenvalue weighted by molar-refractivity contribution is 7.89. The molecule has 1 N–H and O–H groups in total. The number of hydrogen-bond donors (Lipinski definition) is 1. The molecule has 1 saturated heterocycles. The Hall–Kier alpha value is -2.77. The van der Waals surface area contributed by atoms with Gasteiger partial charge in [-0.1, -0.05) is 24.1 Å². The van der Waals surface area contributed by atoms with Crippen LogP contribution in [0.5, 0.6) is 0 Å². The fourth-order valence-corrected chi connectivity index (χ4v) is 5.51. The predicted molar refractivity (Wildman–Crippen MR) is 123 cm³/mol. The number of nitrogens with zero attached hydrogens (tertiary/aromatic N) is 2. The van der Waals surface area contributed by atoms with Gasteiger partial charge in [-0.2, -0.15) is 4.31 Å². The number of carbonyl (C=O) groups excluding carboxylic acids is 1. The van der Waals surface area contributed by atoms with Crippen molar-refractivity contribution in [2.24, 2.45) is 0 Å². The third kappa shape index (κ3) is 4.34. The molecule has 0 spiro atoms. The second-order valence-electron chi connectivity index (χ2n) is 8.21. The van der Waals surface area contributed by atoms with Crippen LogP contribution in [0.3, 0.4) is 0 Å². The van der Waals surface area contributed by atoms with E-state index in [1.54, 1.807) is 25.1 Å². The van der Waals surface area contributed by atoms with Gasteiger partial charge in [0.15, 0.2) is 0 Å². The number of rotatable bonds is 4. The fraction of sp³-hybridized carbons (Fsp3) is 0.333. The minimum absolute atomic E-state index is 0.208. The molecule has 1 aromatic heterocycles. The van der Waals surface area contributed by atoms with Gasteiger partial charge in [0.2, 0.25) is 10.0 Å². The minimum atomic E-state index is -3.57. The number of carbonyl (C=O) groups is 1. The second-order valence-corrected chi connectivity index (χ2v) is 10.2. The highest BCUT2D eigenvalue weighted by atomic mass is 32.2. The molecular formula is C24H27N3O3S. The van der Waals surface area contributed by atoms with E-state index in [9.17, 15) is 13.2 Å². The summed E-state index contributed by atoms with van der Waals surface area (Å²) in [5, 5.41) is 3.80. The number of fused-ring (bicyclic) bond motifs is 1. The lowest BCUT2D eigenvalue weighted by Gasteiger charge is -2.26. The fourth-order valence-electron chi connectivity index (χ4n) is 3.96. The number of sulfonamides is 1. The first-order valence-corrected chi connectivity index (χ1v) is 12.0. The van der Waals surface area contributed by atoms with Gasteiger partial charge in [-0.15, -0.1) is 0 Å². The van der Waals surface area contributed by atoms with E-state index in [0.29, 0.717) is 30.0 Å². The number of nitrogens with one attached hydrogen (secondary N) is 1. The SMILES string of the molecule is Cc1ccc2nc(C)c(C(=O)Nc3cc(S(=O)(=O)N4CCCCC4)ccc3C)cc2c1. The number of aryl methyl sites for hydroxylation is 3. The Morgan fingerprint density at radius 3 is 2.45 bits per heavy atom. The molecule has 1 aliphatic rings. The maximum Gasteiger partial charge on any atom is 0.257 e. The number of hydrogen-bond acceptors (Lipinski definition) is 4. The van der Waals surface area contributed by atoms with Crippen LogP contribution in [0.4, 0.5) is 5.69 Å². The van der Waals surface area contributed by atoms with Gasteiger partial charge in [0, 0.05) is 24.2 Å². The summed E-state index contributed by atoms with van der Waals surface area (Å²) < 4.78 is 27.6. The van der Waals surface area contributed by atoms with E-state index in [-0.39, 0.29) is 10.8 Å². The zero-order valence-electron chi connectivity index (χ0n) is 18.1. The molecule has 1 amide bonds. The van der Waals surface area contributed by atoms with Crippen LogP contribution in [0.15, 0.2) is 47.4 Å². The summed E-state index contributed by atoms with van der Waals surface area (Å²) in [6.45, 7) is 6.73. The van der Waals surface area contributed by atoms with Crippen LogP contribution in [0.2, 0.25) is 0 Å². The topological polar surface area (TPSA) is 79.4 Å². The molecule has 4 rings (SSSR count). The average molecular weight is 438 g/mol. The third-order valence-electron chi connectivity index (χ3n) is 5.82. The summed E-state index contributed by atoms with van der Waals surface area (Å²) in [7, 11) is -3.57. The Bertz CT molecular complexity index is 1260. The van der Waals surface area contributed by atoms with E-state index in [1.807, 2.05) is 38.1 Å². The molecule has 1 aliphatic heterocycles. The molecular weight excluding hydrogens is 410 g/mol. The van der Waals surface area contributed by atoms with Gasteiger partial charge in [-0.05, 0) is 69.5 Å². The predicted octanol–water partition coefficient (Wildman–Crippen LogP) is 4.59. The van der Waals surface area contributed by atoms with Crippen molar-refractivity contribution in [3.05, 3.63) is 64.8 Å². The average Bonchev–Trinajstić information content (AvgIpc) is 2.75. The van der Waals surface area contributed by atoms with Crippen LogP contribution in [-0.2, 0) is 10.0 Å². The normalized spacial score (nSPS) is 15.2. The van der Waals surface area contributed by atoms with Crippen molar-refractivity contribution in [1.29, 1.82) is 0 Å². The minimum Gasteiger partial charge on any atom is -0.322 e. The molecule has 0 aliphatic carbocycles. The van der Waals surface area contributed by atoms with E-state index < -0.39 is 10.0 Å². The standard InChI is InChI=1S/C24H27N3O3S/c1-16-7-10-22-19(13-16)14-21(18(3)25-22)24(28)26-23-15-20(9-8-17(23)2)31(29,30)27-11-5-4-6-12-27/h7-10,13-15H,4-6,11-12H2,1-3H3,(H,26,28). The number of anilines is 1. The van der Waals surface area contributed by atoms with Crippen LogP contribution in [-0.4, -0.2) is 36.7 Å².